The third-order valence-corrected chi connectivity index (χ3v) is 2.99. The van der Waals surface area contributed by atoms with Gasteiger partial charge in [0.1, 0.15) is 5.82 Å². The number of nitrogens with one attached hydrogen (secondary N) is 1. The van der Waals surface area contributed by atoms with Crippen LogP contribution in [-0.4, -0.2) is 10.9 Å². The van der Waals surface area contributed by atoms with Crippen molar-refractivity contribution >= 4 is 22.4 Å². The summed E-state index contributed by atoms with van der Waals surface area (Å²) in [5, 5.41) is 5.11. The van der Waals surface area contributed by atoms with E-state index in [2.05, 4.69) is 10.3 Å². The van der Waals surface area contributed by atoms with Crippen LogP contribution in [0.15, 0.2) is 29.6 Å². The standard InChI is InChI=1S/C12H11FN2OS/c1-8-7-17-12(14-8)15-11(16)6-9-3-2-4-10(13)5-9/h2-5,7H,6H2,1H3,(H,14,15,16). The monoisotopic (exact) mass is 250 g/mol. The number of aryl methyl sites for hydroxylation is 1. The lowest BCUT2D eigenvalue weighted by atomic mass is 10.1. The van der Waals surface area contributed by atoms with Crippen LogP contribution in [0.3, 0.4) is 0 Å². The third-order valence-electron chi connectivity index (χ3n) is 2.12. The maximum atomic E-state index is 12.9. The highest BCUT2D eigenvalue weighted by Gasteiger charge is 2.06. The number of amides is 1. The van der Waals surface area contributed by atoms with Gasteiger partial charge in [-0.25, -0.2) is 9.37 Å². The molecule has 1 N–H and O–H groups in total. The van der Waals surface area contributed by atoms with Crippen molar-refractivity contribution in [2.45, 2.75) is 13.3 Å². The molecule has 0 fully saturated rings. The molecular weight excluding hydrogens is 239 g/mol. The number of hydrogen-bond acceptors (Lipinski definition) is 3. The minimum Gasteiger partial charge on any atom is -0.302 e. The summed E-state index contributed by atoms with van der Waals surface area (Å²) >= 11 is 1.37. The van der Waals surface area contributed by atoms with Gasteiger partial charge in [0.2, 0.25) is 5.91 Å². The zero-order valence-electron chi connectivity index (χ0n) is 9.24. The minimum absolute atomic E-state index is 0.149. The van der Waals surface area contributed by atoms with Crippen molar-refractivity contribution in [3.63, 3.8) is 0 Å². The molecule has 1 heterocycles. The average molecular weight is 250 g/mol. The molecule has 2 rings (SSSR count). The molecule has 0 aliphatic heterocycles. The fourth-order valence-electron chi connectivity index (χ4n) is 1.41. The lowest BCUT2D eigenvalue weighted by Crippen LogP contribution is -2.14. The molecule has 1 aromatic heterocycles. The van der Waals surface area contributed by atoms with Crippen LogP contribution in [-0.2, 0) is 11.2 Å². The summed E-state index contributed by atoms with van der Waals surface area (Å²) in [7, 11) is 0. The van der Waals surface area contributed by atoms with Crippen molar-refractivity contribution < 1.29 is 9.18 Å². The predicted octanol–water partition coefficient (Wildman–Crippen LogP) is 2.77. The Morgan fingerprint density at radius 1 is 1.53 bits per heavy atom. The maximum absolute atomic E-state index is 12.9. The Hall–Kier alpha value is -1.75. The van der Waals surface area contributed by atoms with Crippen molar-refractivity contribution in [1.29, 1.82) is 0 Å². The van der Waals surface area contributed by atoms with Gasteiger partial charge in [-0.1, -0.05) is 12.1 Å². The molecule has 0 aliphatic rings. The van der Waals surface area contributed by atoms with Crippen LogP contribution in [0.4, 0.5) is 9.52 Å². The average Bonchev–Trinajstić information content (AvgIpc) is 2.63. The van der Waals surface area contributed by atoms with Gasteiger partial charge in [0.05, 0.1) is 12.1 Å². The van der Waals surface area contributed by atoms with Crippen molar-refractivity contribution in [2.75, 3.05) is 5.32 Å². The highest BCUT2D eigenvalue weighted by atomic mass is 32.1. The van der Waals surface area contributed by atoms with E-state index < -0.39 is 0 Å². The van der Waals surface area contributed by atoms with Crippen molar-refractivity contribution in [3.8, 4) is 0 Å². The smallest absolute Gasteiger partial charge is 0.230 e. The number of halogens is 1. The number of carbonyl (C=O) groups excluding carboxylic acids is 1. The van der Waals surface area contributed by atoms with Gasteiger partial charge in [0.25, 0.3) is 0 Å². The van der Waals surface area contributed by atoms with Gasteiger partial charge in [-0.05, 0) is 24.6 Å². The van der Waals surface area contributed by atoms with E-state index in [1.54, 1.807) is 12.1 Å². The van der Waals surface area contributed by atoms with Gasteiger partial charge < -0.3 is 5.32 Å². The van der Waals surface area contributed by atoms with Gasteiger partial charge in [-0.15, -0.1) is 11.3 Å². The fraction of sp³-hybridized carbons (Fsp3) is 0.167. The number of thiazole rings is 1. The molecule has 0 radical (unpaired) electrons. The number of rotatable bonds is 3. The number of aromatic nitrogens is 1. The zero-order valence-corrected chi connectivity index (χ0v) is 10.1. The van der Waals surface area contributed by atoms with Gasteiger partial charge >= 0.3 is 0 Å². The van der Waals surface area contributed by atoms with Crippen LogP contribution in [0, 0.1) is 12.7 Å². The lowest BCUT2D eigenvalue weighted by Gasteiger charge is -2.01. The van der Waals surface area contributed by atoms with Crippen LogP contribution in [0.5, 0.6) is 0 Å². The Labute approximate surface area is 102 Å². The fourth-order valence-corrected chi connectivity index (χ4v) is 2.11. The molecule has 0 unspecified atom stereocenters. The van der Waals surface area contributed by atoms with Crippen molar-refractivity contribution in [3.05, 3.63) is 46.7 Å². The molecular formula is C12H11FN2OS. The van der Waals surface area contributed by atoms with Gasteiger partial charge in [-0.2, -0.15) is 0 Å². The third kappa shape index (κ3) is 3.35. The van der Waals surface area contributed by atoms with Gasteiger partial charge in [0, 0.05) is 5.38 Å². The summed E-state index contributed by atoms with van der Waals surface area (Å²) in [6.07, 6.45) is 0.149. The van der Waals surface area contributed by atoms with Gasteiger partial charge in [-0.3, -0.25) is 4.79 Å². The largest absolute Gasteiger partial charge is 0.302 e. The minimum atomic E-state index is -0.333. The summed E-state index contributed by atoms with van der Waals surface area (Å²) in [5.41, 5.74) is 1.52. The van der Waals surface area contributed by atoms with E-state index in [-0.39, 0.29) is 18.1 Å². The van der Waals surface area contributed by atoms with E-state index in [1.165, 1.54) is 23.5 Å². The summed E-state index contributed by atoms with van der Waals surface area (Å²) in [6, 6.07) is 6.01. The van der Waals surface area contributed by atoms with E-state index in [4.69, 9.17) is 0 Å². The Morgan fingerprint density at radius 3 is 3.00 bits per heavy atom. The second-order valence-electron chi connectivity index (χ2n) is 3.65. The molecule has 88 valence electrons. The Balaban J connectivity index is 1.98. The first-order valence-corrected chi connectivity index (χ1v) is 5.98. The number of nitrogens with zero attached hydrogens (tertiary/aromatic N) is 1. The first-order valence-electron chi connectivity index (χ1n) is 5.10. The van der Waals surface area contributed by atoms with Crippen LogP contribution in [0.2, 0.25) is 0 Å². The molecule has 5 heteroatoms. The maximum Gasteiger partial charge on any atom is 0.230 e. The topological polar surface area (TPSA) is 42.0 Å². The molecule has 0 bridgehead atoms. The second-order valence-corrected chi connectivity index (χ2v) is 4.51. The SMILES string of the molecule is Cc1csc(NC(=O)Cc2cccc(F)c2)n1. The van der Waals surface area contributed by atoms with Gasteiger partial charge in [0.15, 0.2) is 5.13 Å². The number of carbonyl (C=O) groups is 1. The molecule has 1 aromatic carbocycles. The van der Waals surface area contributed by atoms with Crippen LogP contribution < -0.4 is 5.32 Å². The van der Waals surface area contributed by atoms with Crippen LogP contribution >= 0.6 is 11.3 Å². The second kappa shape index (κ2) is 5.05. The summed E-state index contributed by atoms with van der Waals surface area (Å²) in [4.78, 5) is 15.8. The highest BCUT2D eigenvalue weighted by molar-refractivity contribution is 7.13. The summed E-state index contributed by atoms with van der Waals surface area (Å²) < 4.78 is 12.9. The highest BCUT2D eigenvalue weighted by Crippen LogP contribution is 2.14. The molecule has 2 aromatic rings. The molecule has 17 heavy (non-hydrogen) atoms. The molecule has 0 saturated heterocycles. The van der Waals surface area contributed by atoms with E-state index in [9.17, 15) is 9.18 Å². The summed E-state index contributed by atoms with van der Waals surface area (Å²) in [6.45, 7) is 1.86. The lowest BCUT2D eigenvalue weighted by molar-refractivity contribution is -0.115. The zero-order chi connectivity index (χ0) is 12.3. The van der Waals surface area contributed by atoms with Crippen molar-refractivity contribution in [1.82, 2.24) is 4.98 Å². The molecule has 1 amide bonds. The van der Waals surface area contributed by atoms with Crippen LogP contribution in [0.25, 0.3) is 0 Å². The predicted molar refractivity (Wildman–Crippen MR) is 65.6 cm³/mol. The number of hydrogen-bond donors (Lipinski definition) is 1. The summed E-state index contributed by atoms with van der Waals surface area (Å²) in [5.74, 6) is -0.523. The molecule has 0 spiro atoms. The van der Waals surface area contributed by atoms with Crippen LogP contribution in [0.1, 0.15) is 11.3 Å². The van der Waals surface area contributed by atoms with E-state index >= 15 is 0 Å². The molecule has 3 nitrogen and oxygen atoms in total. The number of benzene rings is 1. The first kappa shape index (κ1) is 11.7. The normalized spacial score (nSPS) is 10.2. The molecule has 0 saturated carbocycles. The van der Waals surface area contributed by atoms with E-state index in [1.807, 2.05) is 12.3 Å². The van der Waals surface area contributed by atoms with Crippen molar-refractivity contribution in [2.24, 2.45) is 0 Å². The molecule has 0 aliphatic carbocycles. The quantitative estimate of drug-likeness (QED) is 0.910. The van der Waals surface area contributed by atoms with E-state index in [0.29, 0.717) is 10.7 Å². The Kier molecular flexibility index (Phi) is 3.49. The number of anilines is 1. The first-order chi connectivity index (χ1) is 8.13. The van der Waals surface area contributed by atoms with E-state index in [0.717, 1.165) is 5.69 Å². The molecule has 0 atom stereocenters. The Bertz CT molecular complexity index is 539. The Morgan fingerprint density at radius 2 is 2.35 bits per heavy atom.